The number of esters is 4. The highest BCUT2D eigenvalue weighted by Crippen LogP contribution is 2.45. The van der Waals surface area contributed by atoms with Gasteiger partial charge in [0.15, 0.2) is 12.2 Å². The van der Waals surface area contributed by atoms with Crippen LogP contribution in [0.15, 0.2) is 24.3 Å². The van der Waals surface area contributed by atoms with E-state index in [-0.39, 0.29) is 25.7 Å². The topological polar surface area (TPSA) is 237 Å². The summed E-state index contributed by atoms with van der Waals surface area (Å²) in [6.07, 6.45) is 58.0. The molecule has 91 heavy (non-hydrogen) atoms. The van der Waals surface area contributed by atoms with Crippen LogP contribution in [0.4, 0.5) is 0 Å². The molecule has 0 radical (unpaired) electrons. The van der Waals surface area contributed by atoms with Crippen LogP contribution >= 0.6 is 15.6 Å². The van der Waals surface area contributed by atoms with E-state index in [1.165, 1.54) is 161 Å². The molecule has 0 amide bonds. The maximum absolute atomic E-state index is 13.0. The summed E-state index contributed by atoms with van der Waals surface area (Å²) >= 11 is 0. The lowest BCUT2D eigenvalue weighted by molar-refractivity contribution is -0.161. The molecule has 0 saturated heterocycles. The van der Waals surface area contributed by atoms with Crippen molar-refractivity contribution in [2.45, 2.75) is 373 Å². The van der Waals surface area contributed by atoms with E-state index >= 15 is 0 Å². The predicted molar refractivity (Wildman–Crippen MR) is 368 cm³/mol. The van der Waals surface area contributed by atoms with Crippen molar-refractivity contribution in [2.75, 3.05) is 39.6 Å². The third-order valence-electron chi connectivity index (χ3n) is 16.2. The van der Waals surface area contributed by atoms with Gasteiger partial charge in [-0.15, -0.1) is 0 Å². The average Bonchev–Trinajstić information content (AvgIpc) is 2.63. The normalized spacial score (nSPS) is 14.1. The number of hydrogen-bond acceptors (Lipinski definition) is 15. The van der Waals surface area contributed by atoms with Gasteiger partial charge in [-0.2, -0.15) is 0 Å². The molecule has 0 aromatic rings. The second-order valence-corrected chi connectivity index (χ2v) is 28.2. The van der Waals surface area contributed by atoms with E-state index < -0.39 is 97.5 Å². The summed E-state index contributed by atoms with van der Waals surface area (Å²) in [5.74, 6) is -2.16. The van der Waals surface area contributed by atoms with Crippen LogP contribution in [0.3, 0.4) is 0 Å². The number of carbonyl (C=O) groups is 4. The molecule has 0 aromatic carbocycles. The summed E-state index contributed by atoms with van der Waals surface area (Å²) in [5.41, 5.74) is 0. The van der Waals surface area contributed by atoms with Crippen LogP contribution in [0.1, 0.15) is 355 Å². The van der Waals surface area contributed by atoms with Crippen LogP contribution in [-0.4, -0.2) is 96.7 Å². The van der Waals surface area contributed by atoms with Gasteiger partial charge < -0.3 is 33.8 Å². The first-order valence-corrected chi connectivity index (χ1v) is 40.1. The number of rotatable bonds is 71. The van der Waals surface area contributed by atoms with Crippen LogP contribution in [0.5, 0.6) is 0 Å². The molecular weight excluding hydrogens is 1200 g/mol. The minimum atomic E-state index is -4.96. The zero-order chi connectivity index (χ0) is 66.8. The number of allylic oxidation sites excluding steroid dienone is 4. The maximum atomic E-state index is 13.0. The smallest absolute Gasteiger partial charge is 0.462 e. The van der Waals surface area contributed by atoms with Crippen molar-refractivity contribution in [2.24, 2.45) is 0 Å². The van der Waals surface area contributed by atoms with Crippen molar-refractivity contribution in [3.05, 3.63) is 24.3 Å². The number of aliphatic hydroxyl groups excluding tert-OH is 1. The highest BCUT2D eigenvalue weighted by Gasteiger charge is 2.30. The largest absolute Gasteiger partial charge is 0.472 e. The Morgan fingerprint density at radius 3 is 0.802 bits per heavy atom. The number of carbonyl (C=O) groups excluding carboxylic acids is 4. The first-order chi connectivity index (χ1) is 44.2. The van der Waals surface area contributed by atoms with E-state index in [1.54, 1.807) is 0 Å². The molecule has 0 heterocycles. The summed E-state index contributed by atoms with van der Waals surface area (Å²) in [6, 6.07) is 0. The van der Waals surface area contributed by atoms with Gasteiger partial charge in [-0.3, -0.25) is 37.3 Å². The standard InChI is InChI=1S/C72H136O17P2/c1-5-9-13-17-20-23-26-29-31-32-33-35-38-41-44-47-51-55-59-72(77)89-68(63-83-70(75)57-53-49-45-42-39-37-34-30-27-24-21-18-14-10-6-2)65-87-91(80,81)85-61-66(73)60-84-90(78,79)86-64-67(62-82-69(74)56-52-48-16-12-8-4)88-71(76)58-54-50-46-43-40-36-28-25-22-19-15-11-7-3/h24,27,30,34,66-68,73H,5-23,25-26,28-29,31-33,35-65H2,1-4H3,(H,78,79)(H,80,81)/b27-24-,34-30-/t66-,67+,68+/m0/s1. The summed E-state index contributed by atoms with van der Waals surface area (Å²) < 4.78 is 68.1. The SMILES string of the molecule is CCCCCC/C=C\C=C/CCCCCCCC(=O)OC[C@H](COP(=O)(O)OC[C@@H](O)COP(=O)(O)OC[C@@H](COC(=O)CCCCCCC)OC(=O)CCCCCCCCCCCCCCC)OC(=O)CCCCCCCCCCCCCCCCCCCC. The zero-order valence-electron chi connectivity index (χ0n) is 58.3. The van der Waals surface area contributed by atoms with Crippen LogP contribution in [0, 0.1) is 0 Å². The van der Waals surface area contributed by atoms with Crippen molar-refractivity contribution in [3.63, 3.8) is 0 Å². The Labute approximate surface area is 554 Å². The summed E-state index contributed by atoms with van der Waals surface area (Å²) in [5, 5.41) is 10.6. The van der Waals surface area contributed by atoms with Gasteiger partial charge in [0.05, 0.1) is 26.4 Å². The summed E-state index contributed by atoms with van der Waals surface area (Å²) in [4.78, 5) is 72.3. The molecular formula is C72H136O17P2. The van der Waals surface area contributed by atoms with Crippen molar-refractivity contribution in [3.8, 4) is 0 Å². The fraction of sp³-hybridized carbons (Fsp3) is 0.889. The molecule has 2 unspecified atom stereocenters. The fourth-order valence-corrected chi connectivity index (χ4v) is 12.1. The number of phosphoric ester groups is 2. The number of aliphatic hydroxyl groups is 1. The molecule has 0 aliphatic heterocycles. The molecule has 536 valence electrons. The number of hydrogen-bond donors (Lipinski definition) is 3. The molecule has 0 saturated carbocycles. The Morgan fingerprint density at radius 1 is 0.308 bits per heavy atom. The van der Waals surface area contributed by atoms with E-state index in [0.29, 0.717) is 25.7 Å². The zero-order valence-corrected chi connectivity index (χ0v) is 60.1. The van der Waals surface area contributed by atoms with E-state index in [0.717, 1.165) is 116 Å². The van der Waals surface area contributed by atoms with Crippen LogP contribution in [0.2, 0.25) is 0 Å². The number of unbranched alkanes of at least 4 members (excludes halogenated alkanes) is 42. The molecule has 17 nitrogen and oxygen atoms in total. The highest BCUT2D eigenvalue weighted by atomic mass is 31.2. The van der Waals surface area contributed by atoms with E-state index in [2.05, 4.69) is 52.0 Å². The first-order valence-electron chi connectivity index (χ1n) is 37.1. The van der Waals surface area contributed by atoms with Crippen molar-refractivity contribution >= 4 is 39.5 Å². The van der Waals surface area contributed by atoms with Gasteiger partial charge in [-0.25, -0.2) is 9.13 Å². The fourth-order valence-electron chi connectivity index (χ4n) is 10.5. The summed E-state index contributed by atoms with van der Waals surface area (Å²) in [7, 11) is -9.90. The third kappa shape index (κ3) is 66.0. The molecule has 19 heteroatoms. The quantitative estimate of drug-likeness (QED) is 0.0169. The molecule has 0 fully saturated rings. The second-order valence-electron chi connectivity index (χ2n) is 25.3. The van der Waals surface area contributed by atoms with Gasteiger partial charge in [-0.1, -0.05) is 302 Å². The van der Waals surface area contributed by atoms with E-state index in [1.807, 2.05) is 0 Å². The van der Waals surface area contributed by atoms with Crippen molar-refractivity contribution < 1.29 is 80.2 Å². The maximum Gasteiger partial charge on any atom is 0.472 e. The van der Waals surface area contributed by atoms with Gasteiger partial charge in [0.2, 0.25) is 0 Å². The van der Waals surface area contributed by atoms with Gasteiger partial charge in [-0.05, 0) is 51.4 Å². The molecule has 3 N–H and O–H groups in total. The van der Waals surface area contributed by atoms with Gasteiger partial charge in [0, 0.05) is 25.7 Å². The lowest BCUT2D eigenvalue weighted by Gasteiger charge is -2.21. The minimum Gasteiger partial charge on any atom is -0.462 e. The van der Waals surface area contributed by atoms with Gasteiger partial charge >= 0.3 is 39.5 Å². The average molecular weight is 1340 g/mol. The minimum absolute atomic E-state index is 0.102. The molecule has 0 aliphatic rings. The van der Waals surface area contributed by atoms with Crippen LogP contribution < -0.4 is 0 Å². The number of phosphoric acid groups is 2. The monoisotopic (exact) mass is 1330 g/mol. The van der Waals surface area contributed by atoms with Crippen molar-refractivity contribution in [1.82, 2.24) is 0 Å². The Morgan fingerprint density at radius 2 is 0.527 bits per heavy atom. The Hall–Kier alpha value is -2.46. The Bertz CT molecular complexity index is 1830. The lowest BCUT2D eigenvalue weighted by atomic mass is 10.0. The van der Waals surface area contributed by atoms with Crippen LogP contribution in [0.25, 0.3) is 0 Å². The molecule has 0 spiro atoms. The number of ether oxygens (including phenoxy) is 4. The molecule has 0 aliphatic carbocycles. The van der Waals surface area contributed by atoms with Gasteiger partial charge in [0.1, 0.15) is 19.3 Å². The molecule has 5 atom stereocenters. The third-order valence-corrected chi connectivity index (χ3v) is 18.1. The van der Waals surface area contributed by atoms with E-state index in [9.17, 15) is 43.2 Å². The highest BCUT2D eigenvalue weighted by molar-refractivity contribution is 7.47. The lowest BCUT2D eigenvalue weighted by Crippen LogP contribution is -2.30. The van der Waals surface area contributed by atoms with E-state index in [4.69, 9.17) is 37.0 Å². The van der Waals surface area contributed by atoms with Crippen molar-refractivity contribution in [1.29, 1.82) is 0 Å². The van der Waals surface area contributed by atoms with Crippen LogP contribution in [-0.2, 0) is 65.4 Å². The first kappa shape index (κ1) is 88.5. The summed E-state index contributed by atoms with van der Waals surface area (Å²) in [6.45, 7) is 4.81. The second kappa shape index (κ2) is 66.2. The molecule has 0 bridgehead atoms. The van der Waals surface area contributed by atoms with Gasteiger partial charge in [0.25, 0.3) is 0 Å². The molecule has 0 aromatic heterocycles. The predicted octanol–water partition coefficient (Wildman–Crippen LogP) is 20.6. The molecule has 0 rings (SSSR count). The Balaban J connectivity index is 5.18. The Kier molecular flexibility index (Phi) is 64.4.